The lowest BCUT2D eigenvalue weighted by Crippen LogP contribution is -2.26. The van der Waals surface area contributed by atoms with E-state index >= 15 is 0 Å². The second-order valence-electron chi connectivity index (χ2n) is 6.87. The number of ether oxygens (including phenoxy) is 5. The second-order valence-corrected chi connectivity index (χ2v) is 6.87. The van der Waals surface area contributed by atoms with Gasteiger partial charge in [0.1, 0.15) is 5.60 Å². The smallest absolute Gasteiger partial charge is 0.462 e. The van der Waals surface area contributed by atoms with E-state index in [0.717, 1.165) is 0 Å². The summed E-state index contributed by atoms with van der Waals surface area (Å²) in [5.74, 6) is 1.94. The summed E-state index contributed by atoms with van der Waals surface area (Å²) in [4.78, 5) is 48.7. The summed E-state index contributed by atoms with van der Waals surface area (Å²) in [6.07, 6.45) is -1.09. The second kappa shape index (κ2) is 11.6. The minimum atomic E-state index is -1.09. The van der Waals surface area contributed by atoms with E-state index in [1.807, 2.05) is 0 Å². The van der Waals surface area contributed by atoms with Crippen molar-refractivity contribution in [2.75, 3.05) is 19.8 Å². The first kappa shape index (κ1) is 25.5. The summed E-state index contributed by atoms with van der Waals surface area (Å²) in [6, 6.07) is 2.35. The molecule has 0 heterocycles. The lowest BCUT2D eigenvalue weighted by atomic mass is 10.0. The zero-order chi connectivity index (χ0) is 23.6. The normalized spacial score (nSPS) is 10.3. The Kier molecular flexibility index (Phi) is 9.54. The van der Waals surface area contributed by atoms with Gasteiger partial charge in [0.25, 0.3) is 0 Å². The number of benzene rings is 1. The van der Waals surface area contributed by atoms with Crippen molar-refractivity contribution in [1.82, 2.24) is 0 Å². The van der Waals surface area contributed by atoms with Crippen LogP contribution in [0.3, 0.4) is 0 Å². The van der Waals surface area contributed by atoms with Crippen LogP contribution in [-0.4, -0.2) is 49.5 Å². The fourth-order valence-electron chi connectivity index (χ4n) is 2.17. The Morgan fingerprint density at radius 3 is 2.00 bits per heavy atom. The standard InChI is InChI=1S/C22H26O9/c1-7-27-18(23)11-10-15-16(20(25)29-9-3)12-14(19(24)28-8-2)13-17(15)30-21(26)31-22(4,5)6/h12-13H,7-9H2,1-6H3. The highest BCUT2D eigenvalue weighted by molar-refractivity contribution is 5.99. The van der Waals surface area contributed by atoms with Crippen molar-refractivity contribution in [2.24, 2.45) is 0 Å². The van der Waals surface area contributed by atoms with Crippen LogP contribution in [0.25, 0.3) is 0 Å². The number of esters is 3. The van der Waals surface area contributed by atoms with E-state index in [9.17, 15) is 19.2 Å². The van der Waals surface area contributed by atoms with Gasteiger partial charge in [-0.25, -0.2) is 19.2 Å². The minimum absolute atomic E-state index is 0.0372. The van der Waals surface area contributed by atoms with Crippen molar-refractivity contribution in [1.29, 1.82) is 0 Å². The molecule has 0 unspecified atom stereocenters. The topological polar surface area (TPSA) is 114 Å². The van der Waals surface area contributed by atoms with Crippen molar-refractivity contribution in [3.05, 3.63) is 28.8 Å². The van der Waals surface area contributed by atoms with E-state index in [1.54, 1.807) is 41.5 Å². The Balaban J connectivity index is 3.64. The van der Waals surface area contributed by atoms with Gasteiger partial charge in [0.2, 0.25) is 0 Å². The number of carbonyl (C=O) groups excluding carboxylic acids is 4. The molecule has 1 aromatic carbocycles. The van der Waals surface area contributed by atoms with Gasteiger partial charge in [-0.15, -0.1) is 0 Å². The zero-order valence-electron chi connectivity index (χ0n) is 18.5. The predicted molar refractivity (Wildman–Crippen MR) is 109 cm³/mol. The Hall–Kier alpha value is -3.54. The molecule has 0 aromatic heterocycles. The first-order valence-electron chi connectivity index (χ1n) is 9.64. The van der Waals surface area contributed by atoms with Gasteiger partial charge in [0, 0.05) is 5.92 Å². The highest BCUT2D eigenvalue weighted by Gasteiger charge is 2.25. The average molecular weight is 434 g/mol. The number of hydrogen-bond donors (Lipinski definition) is 0. The number of rotatable bonds is 6. The highest BCUT2D eigenvalue weighted by Crippen LogP contribution is 2.27. The van der Waals surface area contributed by atoms with Crippen LogP contribution in [0.5, 0.6) is 5.75 Å². The van der Waals surface area contributed by atoms with Gasteiger partial charge in [0.15, 0.2) is 5.75 Å². The lowest BCUT2D eigenvalue weighted by Gasteiger charge is -2.19. The van der Waals surface area contributed by atoms with Crippen LogP contribution in [0.2, 0.25) is 0 Å². The largest absolute Gasteiger partial charge is 0.514 e. The fourth-order valence-corrected chi connectivity index (χ4v) is 2.17. The van der Waals surface area contributed by atoms with Crippen molar-refractivity contribution < 1.29 is 42.9 Å². The third-order valence-electron chi connectivity index (χ3n) is 3.26. The summed E-state index contributed by atoms with van der Waals surface area (Å²) in [7, 11) is 0. The fraction of sp³-hybridized carbons (Fsp3) is 0.455. The van der Waals surface area contributed by atoms with Gasteiger partial charge in [-0.05, 0) is 53.7 Å². The summed E-state index contributed by atoms with van der Waals surface area (Å²) >= 11 is 0. The maximum Gasteiger partial charge on any atom is 0.514 e. The third-order valence-corrected chi connectivity index (χ3v) is 3.26. The van der Waals surface area contributed by atoms with Crippen molar-refractivity contribution in [3.63, 3.8) is 0 Å². The highest BCUT2D eigenvalue weighted by atomic mass is 16.7. The summed E-state index contributed by atoms with van der Waals surface area (Å²) in [6.45, 7) is 9.93. The molecule has 0 aliphatic carbocycles. The molecule has 0 aliphatic heterocycles. The molecule has 1 aromatic rings. The SMILES string of the molecule is CCOC(=O)C#Cc1c(OC(=O)OC(C)(C)C)cc(C(=O)OCC)cc1C(=O)OCC. The van der Waals surface area contributed by atoms with Gasteiger partial charge in [-0.2, -0.15) is 0 Å². The van der Waals surface area contributed by atoms with Crippen LogP contribution in [0.15, 0.2) is 12.1 Å². The molecule has 0 spiro atoms. The first-order chi connectivity index (χ1) is 14.5. The van der Waals surface area contributed by atoms with Crippen molar-refractivity contribution >= 4 is 24.1 Å². The van der Waals surface area contributed by atoms with Gasteiger partial charge in [-0.3, -0.25) is 0 Å². The Labute approximate surface area is 180 Å². The summed E-state index contributed by atoms with van der Waals surface area (Å²) in [5.41, 5.74) is -1.28. The first-order valence-corrected chi connectivity index (χ1v) is 9.64. The Morgan fingerprint density at radius 2 is 1.45 bits per heavy atom. The van der Waals surface area contributed by atoms with E-state index in [-0.39, 0.29) is 42.3 Å². The molecule has 0 fully saturated rings. The minimum Gasteiger partial charge on any atom is -0.462 e. The molecule has 31 heavy (non-hydrogen) atoms. The van der Waals surface area contributed by atoms with Gasteiger partial charge < -0.3 is 23.7 Å². The molecular weight excluding hydrogens is 408 g/mol. The van der Waals surface area contributed by atoms with Gasteiger partial charge in [-0.1, -0.05) is 5.92 Å². The van der Waals surface area contributed by atoms with Crippen molar-refractivity contribution in [3.8, 4) is 17.6 Å². The molecular formula is C22H26O9. The molecule has 0 radical (unpaired) electrons. The number of carbonyl (C=O) groups is 4. The molecule has 0 bridgehead atoms. The molecule has 9 heteroatoms. The van der Waals surface area contributed by atoms with E-state index < -0.39 is 29.7 Å². The molecule has 0 aliphatic rings. The summed E-state index contributed by atoms with van der Waals surface area (Å²) < 4.78 is 25.1. The maximum absolute atomic E-state index is 12.5. The zero-order valence-corrected chi connectivity index (χ0v) is 18.5. The molecule has 0 atom stereocenters. The van der Waals surface area contributed by atoms with Crippen LogP contribution in [0, 0.1) is 11.8 Å². The molecule has 0 amide bonds. The van der Waals surface area contributed by atoms with E-state index in [2.05, 4.69) is 11.8 Å². The quantitative estimate of drug-likeness (QED) is 0.288. The van der Waals surface area contributed by atoms with Crippen LogP contribution in [-0.2, 0) is 23.7 Å². The molecule has 9 nitrogen and oxygen atoms in total. The van der Waals surface area contributed by atoms with E-state index in [1.165, 1.54) is 12.1 Å². The van der Waals surface area contributed by atoms with Crippen molar-refractivity contribution in [2.45, 2.75) is 47.1 Å². The lowest BCUT2D eigenvalue weighted by molar-refractivity contribution is -0.136. The molecule has 0 N–H and O–H groups in total. The van der Waals surface area contributed by atoms with Gasteiger partial charge >= 0.3 is 24.1 Å². The van der Waals surface area contributed by atoms with E-state index in [0.29, 0.717) is 0 Å². The number of hydrogen-bond acceptors (Lipinski definition) is 9. The van der Waals surface area contributed by atoms with Crippen LogP contribution >= 0.6 is 0 Å². The summed E-state index contributed by atoms with van der Waals surface area (Å²) in [5, 5.41) is 0. The third kappa shape index (κ3) is 8.38. The Morgan fingerprint density at radius 1 is 0.871 bits per heavy atom. The molecule has 1 rings (SSSR count). The van der Waals surface area contributed by atoms with E-state index in [4.69, 9.17) is 23.7 Å². The average Bonchev–Trinajstić information content (AvgIpc) is 2.65. The maximum atomic E-state index is 12.5. The molecule has 0 saturated carbocycles. The van der Waals surface area contributed by atoms with Crippen LogP contribution < -0.4 is 4.74 Å². The van der Waals surface area contributed by atoms with Crippen LogP contribution in [0.1, 0.15) is 67.8 Å². The predicted octanol–water partition coefficient (Wildman–Crippen LogP) is 3.27. The molecule has 168 valence electrons. The van der Waals surface area contributed by atoms with Crippen LogP contribution in [0.4, 0.5) is 4.79 Å². The molecule has 0 saturated heterocycles. The van der Waals surface area contributed by atoms with Gasteiger partial charge in [0.05, 0.1) is 36.5 Å². The monoisotopic (exact) mass is 434 g/mol. The Bertz CT molecular complexity index is 898.